The maximum absolute atomic E-state index is 12.8. The van der Waals surface area contributed by atoms with Gasteiger partial charge < -0.3 is 10.6 Å². The molecule has 0 unspecified atom stereocenters. The van der Waals surface area contributed by atoms with Gasteiger partial charge in [-0.25, -0.2) is 0 Å². The van der Waals surface area contributed by atoms with Crippen molar-refractivity contribution in [3.8, 4) is 0 Å². The molecule has 1 fully saturated rings. The molecule has 1 aromatic carbocycles. The Hall–Kier alpha value is -2.24. The van der Waals surface area contributed by atoms with Crippen LogP contribution in [0.5, 0.6) is 0 Å². The summed E-state index contributed by atoms with van der Waals surface area (Å²) in [5, 5.41) is 6.70. The van der Waals surface area contributed by atoms with Gasteiger partial charge in [0.25, 0.3) is 0 Å². The first-order valence-electron chi connectivity index (χ1n) is 9.92. The van der Waals surface area contributed by atoms with Gasteiger partial charge in [-0.05, 0) is 42.0 Å². The Morgan fingerprint density at radius 3 is 2.81 bits per heavy atom. The van der Waals surface area contributed by atoms with Gasteiger partial charge in [-0.2, -0.15) is 0 Å². The van der Waals surface area contributed by atoms with E-state index in [4.69, 9.17) is 0 Å². The largest absolute Gasteiger partial charge is 0.352 e. The molecule has 2 aliphatic heterocycles. The van der Waals surface area contributed by atoms with Crippen molar-refractivity contribution in [1.82, 2.24) is 20.5 Å². The number of pyridine rings is 1. The van der Waals surface area contributed by atoms with Crippen LogP contribution in [0.25, 0.3) is 0 Å². The molecular weight excluding hydrogens is 336 g/mol. The number of hydrogen-bond acceptors (Lipinski definition) is 4. The van der Waals surface area contributed by atoms with Crippen LogP contribution in [0.15, 0.2) is 48.7 Å². The lowest BCUT2D eigenvalue weighted by Crippen LogP contribution is -2.55. The van der Waals surface area contributed by atoms with E-state index in [0.29, 0.717) is 5.92 Å². The van der Waals surface area contributed by atoms with Crippen LogP contribution in [0.3, 0.4) is 0 Å². The number of aromatic nitrogens is 1. The summed E-state index contributed by atoms with van der Waals surface area (Å²) in [6.07, 6.45) is 3.61. The van der Waals surface area contributed by atoms with Crippen LogP contribution in [0.2, 0.25) is 0 Å². The Bertz CT molecular complexity index is 779. The van der Waals surface area contributed by atoms with Gasteiger partial charge in [0.2, 0.25) is 5.91 Å². The zero-order valence-electron chi connectivity index (χ0n) is 15.9. The van der Waals surface area contributed by atoms with E-state index in [2.05, 4.69) is 57.8 Å². The Labute approximate surface area is 161 Å². The normalized spacial score (nSPS) is 25.6. The first-order chi connectivity index (χ1) is 13.2. The number of rotatable bonds is 4. The van der Waals surface area contributed by atoms with Crippen molar-refractivity contribution in [3.63, 3.8) is 0 Å². The van der Waals surface area contributed by atoms with Crippen LogP contribution in [0.1, 0.15) is 30.2 Å². The molecule has 4 rings (SSSR count). The number of hydrogen-bond donors (Lipinski definition) is 2. The maximum Gasteiger partial charge on any atom is 0.237 e. The number of nitrogens with zero attached hydrogens (tertiary/aromatic N) is 2. The molecule has 0 radical (unpaired) electrons. The van der Waals surface area contributed by atoms with Crippen molar-refractivity contribution in [3.05, 3.63) is 65.5 Å². The van der Waals surface area contributed by atoms with Crippen LogP contribution in [0, 0.1) is 5.92 Å². The van der Waals surface area contributed by atoms with Crippen LogP contribution < -0.4 is 10.6 Å². The third-order valence-electron chi connectivity index (χ3n) is 5.83. The van der Waals surface area contributed by atoms with E-state index in [1.54, 1.807) is 0 Å². The van der Waals surface area contributed by atoms with Gasteiger partial charge in [-0.3, -0.25) is 14.7 Å². The molecule has 3 atom stereocenters. The van der Waals surface area contributed by atoms with E-state index in [0.717, 1.165) is 44.7 Å². The van der Waals surface area contributed by atoms with Gasteiger partial charge in [-0.15, -0.1) is 0 Å². The Morgan fingerprint density at radius 1 is 1.22 bits per heavy atom. The highest BCUT2D eigenvalue weighted by Crippen LogP contribution is 2.20. The lowest BCUT2D eigenvalue weighted by atomic mass is 9.92. The van der Waals surface area contributed by atoms with Crippen LogP contribution in [0.4, 0.5) is 0 Å². The fourth-order valence-corrected chi connectivity index (χ4v) is 4.23. The molecule has 1 saturated heterocycles. The molecule has 0 spiro atoms. The number of nitrogens with one attached hydrogen (secondary N) is 2. The molecule has 142 valence electrons. The van der Waals surface area contributed by atoms with Gasteiger partial charge >= 0.3 is 0 Å². The Kier molecular flexibility index (Phi) is 5.50. The average molecular weight is 364 g/mol. The smallest absolute Gasteiger partial charge is 0.237 e. The molecule has 2 aliphatic rings. The average Bonchev–Trinajstić information content (AvgIpc) is 2.70. The van der Waals surface area contributed by atoms with Crippen molar-refractivity contribution in [1.29, 1.82) is 0 Å². The summed E-state index contributed by atoms with van der Waals surface area (Å²) in [4.78, 5) is 19.7. The van der Waals surface area contributed by atoms with Crippen LogP contribution in [-0.2, 0) is 24.3 Å². The number of benzene rings is 1. The molecule has 1 amide bonds. The molecule has 2 N–H and O–H groups in total. The Morgan fingerprint density at radius 2 is 2.04 bits per heavy atom. The number of likely N-dealkylation sites (tertiary alicyclic amines) is 1. The maximum atomic E-state index is 12.8. The minimum atomic E-state index is -0.126. The molecular formula is C22H28N4O. The SMILES string of the molecule is C[C@@H]1CN(Cc2ccccn2)CC[C@@H]1NC(=O)[C@H]1Cc2ccccc2CN1. The molecule has 0 bridgehead atoms. The third kappa shape index (κ3) is 4.37. The zero-order valence-corrected chi connectivity index (χ0v) is 15.9. The first-order valence-corrected chi connectivity index (χ1v) is 9.92. The Balaban J connectivity index is 1.29. The van der Waals surface area contributed by atoms with Crippen molar-refractivity contribution in [2.24, 2.45) is 5.92 Å². The van der Waals surface area contributed by atoms with Gasteiger partial charge in [-0.1, -0.05) is 37.3 Å². The second-order valence-electron chi connectivity index (χ2n) is 7.84. The summed E-state index contributed by atoms with van der Waals surface area (Å²) in [5.74, 6) is 0.571. The molecule has 0 aliphatic carbocycles. The van der Waals surface area contributed by atoms with Gasteiger partial charge in [0.15, 0.2) is 0 Å². The van der Waals surface area contributed by atoms with Crippen molar-refractivity contribution in [2.45, 2.75) is 44.9 Å². The fraction of sp³-hybridized carbons (Fsp3) is 0.455. The predicted octanol–water partition coefficient (Wildman–Crippen LogP) is 2.12. The molecule has 5 heteroatoms. The number of piperidine rings is 1. The quantitative estimate of drug-likeness (QED) is 0.873. The van der Waals surface area contributed by atoms with Crippen molar-refractivity contribution < 1.29 is 4.79 Å². The summed E-state index contributed by atoms with van der Waals surface area (Å²) >= 11 is 0. The number of carbonyl (C=O) groups is 1. The second kappa shape index (κ2) is 8.19. The summed E-state index contributed by atoms with van der Waals surface area (Å²) in [6, 6.07) is 14.6. The summed E-state index contributed by atoms with van der Waals surface area (Å²) in [5.41, 5.74) is 3.70. The summed E-state index contributed by atoms with van der Waals surface area (Å²) in [7, 11) is 0. The molecule has 5 nitrogen and oxygen atoms in total. The van der Waals surface area contributed by atoms with Crippen LogP contribution >= 0.6 is 0 Å². The van der Waals surface area contributed by atoms with Gasteiger partial charge in [0, 0.05) is 38.4 Å². The highest BCUT2D eigenvalue weighted by molar-refractivity contribution is 5.82. The molecule has 1 aromatic heterocycles. The van der Waals surface area contributed by atoms with Crippen molar-refractivity contribution in [2.75, 3.05) is 13.1 Å². The molecule has 0 saturated carbocycles. The highest BCUT2D eigenvalue weighted by Gasteiger charge is 2.30. The standard InChI is InChI=1S/C22H28N4O/c1-16-14-26(15-19-8-4-5-10-23-19)11-9-20(16)25-22(27)21-12-17-6-2-3-7-18(17)13-24-21/h2-8,10,16,20-21,24H,9,11-15H2,1H3,(H,25,27)/t16-,20+,21-/m1/s1. The summed E-state index contributed by atoms with van der Waals surface area (Å²) in [6.45, 7) is 5.87. The minimum absolute atomic E-state index is 0.126. The highest BCUT2D eigenvalue weighted by atomic mass is 16.2. The van der Waals surface area contributed by atoms with E-state index >= 15 is 0 Å². The zero-order chi connectivity index (χ0) is 18.6. The number of amides is 1. The fourth-order valence-electron chi connectivity index (χ4n) is 4.23. The number of fused-ring (bicyclic) bond motifs is 1. The topological polar surface area (TPSA) is 57.3 Å². The second-order valence-corrected chi connectivity index (χ2v) is 7.84. The van der Waals surface area contributed by atoms with E-state index < -0.39 is 0 Å². The van der Waals surface area contributed by atoms with E-state index in [1.807, 2.05) is 18.3 Å². The monoisotopic (exact) mass is 364 g/mol. The molecule has 27 heavy (non-hydrogen) atoms. The van der Waals surface area contributed by atoms with Gasteiger partial charge in [0.1, 0.15) is 0 Å². The molecule has 3 heterocycles. The van der Waals surface area contributed by atoms with E-state index in [9.17, 15) is 4.79 Å². The van der Waals surface area contributed by atoms with E-state index in [-0.39, 0.29) is 18.0 Å². The van der Waals surface area contributed by atoms with E-state index in [1.165, 1.54) is 11.1 Å². The first kappa shape index (κ1) is 18.1. The number of carbonyl (C=O) groups excluding carboxylic acids is 1. The van der Waals surface area contributed by atoms with Gasteiger partial charge in [0.05, 0.1) is 11.7 Å². The predicted molar refractivity (Wildman–Crippen MR) is 106 cm³/mol. The molecule has 2 aromatic rings. The lowest BCUT2D eigenvalue weighted by molar-refractivity contribution is -0.124. The third-order valence-corrected chi connectivity index (χ3v) is 5.83. The van der Waals surface area contributed by atoms with Crippen LogP contribution in [-0.4, -0.2) is 41.0 Å². The summed E-state index contributed by atoms with van der Waals surface area (Å²) < 4.78 is 0. The van der Waals surface area contributed by atoms with Crippen molar-refractivity contribution >= 4 is 5.91 Å². The minimum Gasteiger partial charge on any atom is -0.352 e. The lowest BCUT2D eigenvalue weighted by Gasteiger charge is -2.38.